The molecule has 1 rings (SSSR count). The summed E-state index contributed by atoms with van der Waals surface area (Å²) in [6, 6.07) is 1.15. The van der Waals surface area contributed by atoms with Gasteiger partial charge >= 0.3 is 6.18 Å². The first-order chi connectivity index (χ1) is 6.47. The number of rotatable bonds is 2. The second-order valence-corrected chi connectivity index (χ2v) is 2.26. The summed E-state index contributed by atoms with van der Waals surface area (Å²) in [4.78, 5) is 6.24. The minimum atomic E-state index is -4.62. The second-order valence-electron chi connectivity index (χ2n) is 2.26. The molecule has 5 nitrogen and oxygen atoms in total. The van der Waals surface area contributed by atoms with E-state index in [1.807, 2.05) is 5.43 Å². The lowest BCUT2D eigenvalue weighted by molar-refractivity contribution is -0.145. The van der Waals surface area contributed by atoms with E-state index in [-0.39, 0.29) is 11.7 Å². The minimum absolute atomic E-state index is 0.163. The lowest BCUT2D eigenvalue weighted by Crippen LogP contribution is -2.16. The maximum Gasteiger partial charge on any atom is 0.451 e. The van der Waals surface area contributed by atoms with Crippen molar-refractivity contribution in [3.05, 3.63) is 11.9 Å². The van der Waals surface area contributed by atoms with Crippen LogP contribution in [0.4, 0.5) is 19.0 Å². The number of nitrogens with two attached hydrogens (primary N) is 1. The number of hydrogen-bond donors (Lipinski definition) is 2. The van der Waals surface area contributed by atoms with Crippen LogP contribution in [0.2, 0.25) is 0 Å². The Morgan fingerprint density at radius 3 is 2.50 bits per heavy atom. The molecule has 1 aromatic heterocycles. The van der Waals surface area contributed by atoms with Crippen LogP contribution in [0, 0.1) is 0 Å². The first-order valence-electron chi connectivity index (χ1n) is 3.44. The highest BCUT2D eigenvalue weighted by Gasteiger charge is 2.35. The van der Waals surface area contributed by atoms with Gasteiger partial charge in [-0.15, -0.1) is 0 Å². The Labute approximate surface area is 77.1 Å². The summed E-state index contributed by atoms with van der Waals surface area (Å²) >= 11 is 0. The smallest absolute Gasteiger partial charge is 0.451 e. The highest BCUT2D eigenvalue weighted by Crippen LogP contribution is 2.28. The van der Waals surface area contributed by atoms with Gasteiger partial charge in [0.2, 0.25) is 11.7 Å². The lowest BCUT2D eigenvalue weighted by Gasteiger charge is -2.08. The number of methoxy groups -OCH3 is 1. The van der Waals surface area contributed by atoms with Gasteiger partial charge in [0.25, 0.3) is 0 Å². The molecule has 0 aliphatic carbocycles. The van der Waals surface area contributed by atoms with Crippen LogP contribution >= 0.6 is 0 Å². The molecule has 3 N–H and O–H groups in total. The summed E-state index contributed by atoms with van der Waals surface area (Å²) in [5, 5.41) is 0. The zero-order valence-electron chi connectivity index (χ0n) is 7.09. The Bertz CT molecular complexity index is 305. The van der Waals surface area contributed by atoms with E-state index < -0.39 is 12.0 Å². The van der Waals surface area contributed by atoms with Crippen LogP contribution in [0.15, 0.2) is 6.07 Å². The Morgan fingerprint density at radius 1 is 1.43 bits per heavy atom. The standard InChI is InChI=1S/C6H7F3N4O/c1-14-4-2-3(13-10)11-5(12-4)6(7,8)9/h2H,10H2,1H3,(H,11,12,13). The molecule has 0 radical (unpaired) electrons. The molecule has 0 aliphatic rings. The zero-order chi connectivity index (χ0) is 10.8. The van der Waals surface area contributed by atoms with E-state index >= 15 is 0 Å². The van der Waals surface area contributed by atoms with Crippen LogP contribution in [-0.2, 0) is 6.18 Å². The Kier molecular flexibility index (Phi) is 2.75. The monoisotopic (exact) mass is 208 g/mol. The summed E-state index contributed by atoms with van der Waals surface area (Å²) in [7, 11) is 1.20. The number of anilines is 1. The van der Waals surface area contributed by atoms with Gasteiger partial charge in [-0.05, 0) is 0 Å². The van der Waals surface area contributed by atoms with E-state index in [1.54, 1.807) is 0 Å². The Balaban J connectivity index is 3.17. The SMILES string of the molecule is COc1cc(NN)nc(C(F)(F)F)n1. The molecule has 0 fully saturated rings. The highest BCUT2D eigenvalue weighted by atomic mass is 19.4. The molecule has 0 unspecified atom stereocenters. The number of nitrogen functional groups attached to an aromatic ring is 1. The van der Waals surface area contributed by atoms with E-state index in [0.29, 0.717) is 0 Å². The number of nitrogens with one attached hydrogen (secondary N) is 1. The molecule has 1 heterocycles. The summed E-state index contributed by atoms with van der Waals surface area (Å²) < 4.78 is 41.1. The maximum absolute atomic E-state index is 12.2. The van der Waals surface area contributed by atoms with Crippen LogP contribution in [0.1, 0.15) is 5.82 Å². The van der Waals surface area contributed by atoms with Gasteiger partial charge in [-0.25, -0.2) is 10.8 Å². The average molecular weight is 208 g/mol. The van der Waals surface area contributed by atoms with Gasteiger partial charge in [-0.3, -0.25) is 0 Å². The van der Waals surface area contributed by atoms with Gasteiger partial charge in [-0.2, -0.15) is 18.2 Å². The second kappa shape index (κ2) is 3.66. The normalized spacial score (nSPS) is 11.2. The Hall–Kier alpha value is -1.57. The van der Waals surface area contributed by atoms with Crippen LogP contribution in [0.25, 0.3) is 0 Å². The van der Waals surface area contributed by atoms with Crippen molar-refractivity contribution in [2.24, 2.45) is 5.84 Å². The predicted molar refractivity (Wildman–Crippen MR) is 41.4 cm³/mol. The summed E-state index contributed by atoms with van der Waals surface area (Å²) in [6.07, 6.45) is -4.62. The first kappa shape index (κ1) is 10.5. The summed E-state index contributed by atoms with van der Waals surface area (Å²) in [5.41, 5.74) is 1.98. The number of aromatic nitrogens is 2. The van der Waals surface area contributed by atoms with Crippen LogP contribution in [-0.4, -0.2) is 17.1 Å². The third-order valence-corrected chi connectivity index (χ3v) is 1.31. The van der Waals surface area contributed by atoms with Gasteiger partial charge in [0, 0.05) is 6.07 Å². The van der Waals surface area contributed by atoms with E-state index in [4.69, 9.17) is 5.84 Å². The fourth-order valence-electron chi connectivity index (χ4n) is 0.730. The molecule has 0 saturated heterocycles. The largest absolute Gasteiger partial charge is 0.481 e. The quantitative estimate of drug-likeness (QED) is 0.555. The molecule has 8 heteroatoms. The van der Waals surface area contributed by atoms with E-state index in [9.17, 15) is 13.2 Å². The molecule has 14 heavy (non-hydrogen) atoms. The third kappa shape index (κ3) is 2.22. The molecule has 0 saturated carbocycles. The molecule has 78 valence electrons. The van der Waals surface area contributed by atoms with Crippen LogP contribution in [0.5, 0.6) is 5.88 Å². The highest BCUT2D eigenvalue weighted by molar-refractivity contribution is 5.37. The Morgan fingerprint density at radius 2 is 2.07 bits per heavy atom. The number of hydrazine groups is 1. The van der Waals surface area contributed by atoms with Crippen LogP contribution in [0.3, 0.4) is 0 Å². The van der Waals surface area contributed by atoms with Crippen molar-refractivity contribution in [1.82, 2.24) is 9.97 Å². The van der Waals surface area contributed by atoms with Gasteiger partial charge in [0.1, 0.15) is 5.82 Å². The molecular weight excluding hydrogens is 201 g/mol. The van der Waals surface area contributed by atoms with E-state index in [1.165, 1.54) is 7.11 Å². The van der Waals surface area contributed by atoms with Gasteiger partial charge in [0.05, 0.1) is 7.11 Å². The lowest BCUT2D eigenvalue weighted by atomic mass is 10.5. The molecule has 0 atom stereocenters. The van der Waals surface area contributed by atoms with E-state index in [2.05, 4.69) is 14.7 Å². The molecule has 0 aliphatic heterocycles. The van der Waals surface area contributed by atoms with Crippen molar-refractivity contribution in [3.63, 3.8) is 0 Å². The third-order valence-electron chi connectivity index (χ3n) is 1.31. The van der Waals surface area contributed by atoms with Crippen molar-refractivity contribution in [1.29, 1.82) is 0 Å². The van der Waals surface area contributed by atoms with Crippen molar-refractivity contribution in [2.45, 2.75) is 6.18 Å². The van der Waals surface area contributed by atoms with Crippen molar-refractivity contribution < 1.29 is 17.9 Å². The van der Waals surface area contributed by atoms with Crippen LogP contribution < -0.4 is 16.0 Å². The van der Waals surface area contributed by atoms with Crippen molar-refractivity contribution in [2.75, 3.05) is 12.5 Å². The summed E-state index contributed by atoms with van der Waals surface area (Å²) in [5.74, 6) is 3.25. The number of halogens is 3. The molecule has 0 spiro atoms. The molecular formula is C6H7F3N4O. The van der Waals surface area contributed by atoms with Crippen molar-refractivity contribution >= 4 is 5.82 Å². The number of alkyl halides is 3. The van der Waals surface area contributed by atoms with Gasteiger partial charge < -0.3 is 10.2 Å². The molecule has 0 aromatic carbocycles. The number of hydrogen-bond acceptors (Lipinski definition) is 5. The molecule has 0 amide bonds. The zero-order valence-corrected chi connectivity index (χ0v) is 7.09. The molecule has 1 aromatic rings. The van der Waals surface area contributed by atoms with Gasteiger partial charge in [0.15, 0.2) is 0 Å². The average Bonchev–Trinajstić information content (AvgIpc) is 2.15. The topological polar surface area (TPSA) is 73.1 Å². The van der Waals surface area contributed by atoms with E-state index in [0.717, 1.165) is 6.07 Å². The predicted octanol–water partition coefficient (Wildman–Crippen LogP) is 0.790. The minimum Gasteiger partial charge on any atom is -0.481 e. The van der Waals surface area contributed by atoms with Gasteiger partial charge in [-0.1, -0.05) is 0 Å². The fraction of sp³-hybridized carbons (Fsp3) is 0.333. The summed E-state index contributed by atoms with van der Waals surface area (Å²) in [6.45, 7) is 0. The molecule has 0 bridgehead atoms. The maximum atomic E-state index is 12.2. The van der Waals surface area contributed by atoms with Crippen molar-refractivity contribution in [3.8, 4) is 5.88 Å². The number of nitrogens with zero attached hydrogens (tertiary/aromatic N) is 2. The first-order valence-corrected chi connectivity index (χ1v) is 3.44. The number of ether oxygens (including phenoxy) is 1. The fourth-order valence-corrected chi connectivity index (χ4v) is 0.730.